The van der Waals surface area contributed by atoms with Gasteiger partial charge in [-0.3, -0.25) is 9.59 Å². The Labute approximate surface area is 250 Å². The number of carbonyl (C=O) groups excluding carboxylic acids is 2. The van der Waals surface area contributed by atoms with Gasteiger partial charge in [-0.25, -0.2) is 0 Å². The van der Waals surface area contributed by atoms with E-state index in [1.165, 1.54) is 0 Å². The Kier molecular flexibility index (Phi) is 9.35. The standard InChI is InChI=1S/C37H44O5/c1-4-40-35(39)24-37-21-20-27(2)36(3,33(37)16-11-17-34(37)38)23-30-22-31(41-25-28-12-7-5-8-13-28)18-19-32(30)42-26-29-14-9-6-10-15-29/h5-10,12-15,18-19,22,27,33H,4,11,16-17,20-21,23-26H2,1-3H3/t27-,33+,36-,37+/m1/s1. The monoisotopic (exact) mass is 568 g/mol. The van der Waals surface area contributed by atoms with Gasteiger partial charge in [-0.05, 0) is 91.2 Å². The fourth-order valence-corrected chi connectivity index (χ4v) is 7.50. The van der Waals surface area contributed by atoms with Crippen LogP contribution in [0.1, 0.15) is 76.0 Å². The first-order valence-electron chi connectivity index (χ1n) is 15.5. The van der Waals surface area contributed by atoms with Gasteiger partial charge in [-0.1, -0.05) is 74.5 Å². The highest BCUT2D eigenvalue weighted by molar-refractivity contribution is 5.90. The van der Waals surface area contributed by atoms with Crippen molar-refractivity contribution < 1.29 is 23.8 Å². The fourth-order valence-electron chi connectivity index (χ4n) is 7.50. The van der Waals surface area contributed by atoms with Crippen molar-refractivity contribution in [1.82, 2.24) is 0 Å². The average Bonchev–Trinajstić information content (AvgIpc) is 3.00. The van der Waals surface area contributed by atoms with Crippen LogP contribution in [0.5, 0.6) is 11.5 Å². The number of rotatable bonds is 11. The Morgan fingerprint density at radius 3 is 2.24 bits per heavy atom. The number of hydrogen-bond donors (Lipinski definition) is 0. The lowest BCUT2D eigenvalue weighted by atomic mass is 9.45. The molecular weight excluding hydrogens is 524 g/mol. The topological polar surface area (TPSA) is 61.8 Å². The molecule has 222 valence electrons. The van der Waals surface area contributed by atoms with Gasteiger partial charge in [0, 0.05) is 11.8 Å². The number of carbonyl (C=O) groups is 2. The summed E-state index contributed by atoms with van der Waals surface area (Å²) in [6.45, 7) is 7.76. The number of ketones is 1. The molecule has 0 bridgehead atoms. The van der Waals surface area contributed by atoms with E-state index in [-0.39, 0.29) is 29.5 Å². The molecule has 0 spiro atoms. The van der Waals surface area contributed by atoms with Gasteiger partial charge in [-0.2, -0.15) is 0 Å². The molecule has 0 heterocycles. The summed E-state index contributed by atoms with van der Waals surface area (Å²) in [7, 11) is 0. The Hall–Kier alpha value is -3.60. The van der Waals surface area contributed by atoms with Gasteiger partial charge < -0.3 is 14.2 Å². The lowest BCUT2D eigenvalue weighted by Crippen LogP contribution is -2.56. The Bertz CT molecular complexity index is 1350. The second-order valence-corrected chi connectivity index (χ2v) is 12.4. The van der Waals surface area contributed by atoms with Crippen LogP contribution >= 0.6 is 0 Å². The quantitative estimate of drug-likeness (QED) is 0.219. The molecule has 0 amide bonds. The third kappa shape index (κ3) is 6.40. The second-order valence-electron chi connectivity index (χ2n) is 12.4. The number of fused-ring (bicyclic) bond motifs is 1. The zero-order valence-corrected chi connectivity index (χ0v) is 25.3. The molecule has 0 radical (unpaired) electrons. The third-order valence-electron chi connectivity index (χ3n) is 9.92. The number of hydrogen-bond acceptors (Lipinski definition) is 5. The lowest BCUT2D eigenvalue weighted by Gasteiger charge is -2.58. The zero-order chi connectivity index (χ0) is 29.6. The Morgan fingerprint density at radius 2 is 1.57 bits per heavy atom. The largest absolute Gasteiger partial charge is 0.489 e. The van der Waals surface area contributed by atoms with Crippen LogP contribution < -0.4 is 9.47 Å². The van der Waals surface area contributed by atoms with Crippen LogP contribution in [0.15, 0.2) is 78.9 Å². The van der Waals surface area contributed by atoms with Crippen molar-refractivity contribution in [2.24, 2.45) is 22.7 Å². The highest BCUT2D eigenvalue weighted by Gasteiger charge is 2.59. The molecule has 0 saturated heterocycles. The lowest BCUT2D eigenvalue weighted by molar-refractivity contribution is -0.165. The summed E-state index contributed by atoms with van der Waals surface area (Å²) in [4.78, 5) is 26.5. The molecule has 2 fully saturated rings. The smallest absolute Gasteiger partial charge is 0.306 e. The first-order chi connectivity index (χ1) is 20.3. The van der Waals surface area contributed by atoms with E-state index in [1.54, 1.807) is 0 Å². The molecule has 5 rings (SSSR count). The van der Waals surface area contributed by atoms with E-state index in [0.29, 0.717) is 32.2 Å². The van der Waals surface area contributed by atoms with Crippen LogP contribution in [0.25, 0.3) is 0 Å². The summed E-state index contributed by atoms with van der Waals surface area (Å²) in [5, 5.41) is 0. The van der Waals surface area contributed by atoms with Gasteiger partial charge >= 0.3 is 5.97 Å². The van der Waals surface area contributed by atoms with Gasteiger partial charge in [0.15, 0.2) is 0 Å². The number of benzene rings is 3. The van der Waals surface area contributed by atoms with Crippen LogP contribution in [0, 0.1) is 22.7 Å². The fraction of sp³-hybridized carbons (Fsp3) is 0.459. The molecule has 0 aromatic heterocycles. The summed E-state index contributed by atoms with van der Waals surface area (Å²) in [5.74, 6) is 2.09. The van der Waals surface area contributed by atoms with Crippen molar-refractivity contribution >= 4 is 11.8 Å². The molecule has 0 N–H and O–H groups in total. The molecule has 5 nitrogen and oxygen atoms in total. The molecule has 2 aliphatic carbocycles. The molecule has 4 atom stereocenters. The van der Waals surface area contributed by atoms with Gasteiger partial charge in [-0.15, -0.1) is 0 Å². The normalized spacial score (nSPS) is 25.4. The Morgan fingerprint density at radius 1 is 0.905 bits per heavy atom. The van der Waals surface area contributed by atoms with Crippen molar-refractivity contribution in [3.05, 3.63) is 95.6 Å². The highest BCUT2D eigenvalue weighted by atomic mass is 16.5. The van der Waals surface area contributed by atoms with Gasteiger partial charge in [0.25, 0.3) is 0 Å². The van der Waals surface area contributed by atoms with Crippen molar-refractivity contribution in [3.8, 4) is 11.5 Å². The minimum Gasteiger partial charge on any atom is -0.489 e. The van der Waals surface area contributed by atoms with E-state index in [4.69, 9.17) is 14.2 Å². The summed E-state index contributed by atoms with van der Waals surface area (Å²) < 4.78 is 18.1. The summed E-state index contributed by atoms with van der Waals surface area (Å²) in [6.07, 6.45) is 4.94. The summed E-state index contributed by atoms with van der Waals surface area (Å²) in [6, 6.07) is 26.5. The maximum atomic E-state index is 13.7. The molecule has 0 aliphatic heterocycles. The molecule has 5 heteroatoms. The number of ether oxygens (including phenoxy) is 3. The van der Waals surface area contributed by atoms with E-state index in [0.717, 1.165) is 60.3 Å². The van der Waals surface area contributed by atoms with Gasteiger partial charge in [0.1, 0.15) is 30.5 Å². The number of esters is 1. The minimum absolute atomic E-state index is 0.0928. The molecular formula is C37H44O5. The highest BCUT2D eigenvalue weighted by Crippen LogP contribution is 2.61. The van der Waals surface area contributed by atoms with Crippen LogP contribution in [0.3, 0.4) is 0 Å². The zero-order valence-electron chi connectivity index (χ0n) is 25.3. The SMILES string of the molecule is CCOC(=O)C[C@@]12CC[C@@H](C)[C@@](C)(Cc3cc(OCc4ccccc4)ccc3OCc3ccccc3)[C@@H]1CCCC2=O. The third-order valence-corrected chi connectivity index (χ3v) is 9.92. The summed E-state index contributed by atoms with van der Waals surface area (Å²) in [5.41, 5.74) is 2.44. The van der Waals surface area contributed by atoms with Crippen molar-refractivity contribution in [3.63, 3.8) is 0 Å². The first kappa shape index (κ1) is 29.9. The molecule has 0 unspecified atom stereocenters. The predicted octanol–water partition coefficient (Wildman–Crippen LogP) is 8.13. The van der Waals surface area contributed by atoms with Crippen molar-refractivity contribution in [1.29, 1.82) is 0 Å². The van der Waals surface area contributed by atoms with Crippen molar-refractivity contribution in [2.45, 2.75) is 78.9 Å². The van der Waals surface area contributed by atoms with E-state index in [2.05, 4.69) is 44.2 Å². The van der Waals surface area contributed by atoms with Crippen LogP contribution in [0.4, 0.5) is 0 Å². The van der Waals surface area contributed by atoms with E-state index >= 15 is 0 Å². The molecule has 2 saturated carbocycles. The molecule has 2 aliphatic rings. The van der Waals surface area contributed by atoms with Crippen LogP contribution in [-0.2, 0) is 34.0 Å². The number of Topliss-reactive ketones (excluding diaryl/α,β-unsaturated/α-hetero) is 1. The molecule has 3 aromatic rings. The van der Waals surface area contributed by atoms with E-state index in [1.807, 2.05) is 55.5 Å². The van der Waals surface area contributed by atoms with Crippen molar-refractivity contribution in [2.75, 3.05) is 6.61 Å². The maximum absolute atomic E-state index is 13.7. The Balaban J connectivity index is 1.47. The average molecular weight is 569 g/mol. The first-order valence-corrected chi connectivity index (χ1v) is 15.5. The molecule has 3 aromatic carbocycles. The van der Waals surface area contributed by atoms with Crippen LogP contribution in [0.2, 0.25) is 0 Å². The van der Waals surface area contributed by atoms with E-state index < -0.39 is 5.41 Å². The molecule has 42 heavy (non-hydrogen) atoms. The predicted molar refractivity (Wildman–Crippen MR) is 164 cm³/mol. The maximum Gasteiger partial charge on any atom is 0.306 e. The van der Waals surface area contributed by atoms with Crippen LogP contribution in [-0.4, -0.2) is 18.4 Å². The van der Waals surface area contributed by atoms with E-state index in [9.17, 15) is 9.59 Å². The van der Waals surface area contributed by atoms with Gasteiger partial charge in [0.2, 0.25) is 0 Å². The minimum atomic E-state index is -0.655. The van der Waals surface area contributed by atoms with Gasteiger partial charge in [0.05, 0.1) is 13.0 Å². The summed E-state index contributed by atoms with van der Waals surface area (Å²) >= 11 is 0. The second kappa shape index (κ2) is 13.1.